The number of methoxy groups -OCH3 is 1. The van der Waals surface area contributed by atoms with Crippen molar-refractivity contribution < 1.29 is 14.3 Å². The second-order valence-corrected chi connectivity index (χ2v) is 3.48. The minimum absolute atomic E-state index is 0.161. The lowest BCUT2D eigenvalue weighted by molar-refractivity contribution is 0.187. The third-order valence-corrected chi connectivity index (χ3v) is 2.18. The summed E-state index contributed by atoms with van der Waals surface area (Å²) in [5, 5.41) is 2.58. The molecule has 0 aromatic heterocycles. The van der Waals surface area contributed by atoms with E-state index in [-0.39, 0.29) is 6.10 Å². The van der Waals surface area contributed by atoms with E-state index in [2.05, 4.69) is 17.0 Å². The second-order valence-electron chi connectivity index (χ2n) is 3.48. The lowest BCUT2D eigenvalue weighted by atomic mass is 10.3. The molecule has 1 aromatic carbocycles. The van der Waals surface area contributed by atoms with Crippen LogP contribution in [0.3, 0.4) is 0 Å². The molecule has 0 saturated heterocycles. The monoisotopic (exact) mass is 223 g/mol. The zero-order chi connectivity index (χ0) is 12.0. The van der Waals surface area contributed by atoms with Crippen LogP contribution in [0.2, 0.25) is 0 Å². The molecule has 4 nitrogen and oxygen atoms in total. The van der Waals surface area contributed by atoms with Crippen molar-refractivity contribution in [1.29, 1.82) is 0 Å². The molecule has 1 aromatic rings. The van der Waals surface area contributed by atoms with E-state index in [0.717, 1.165) is 12.2 Å². The Labute approximate surface area is 95.6 Å². The van der Waals surface area contributed by atoms with E-state index in [0.29, 0.717) is 5.69 Å². The van der Waals surface area contributed by atoms with E-state index in [4.69, 9.17) is 4.74 Å². The summed E-state index contributed by atoms with van der Waals surface area (Å²) in [5.41, 5.74) is 0.660. The van der Waals surface area contributed by atoms with E-state index >= 15 is 0 Å². The number of amides is 1. The molecule has 1 atom stereocenters. The smallest absolute Gasteiger partial charge is 0.411 e. The third kappa shape index (κ3) is 3.81. The summed E-state index contributed by atoms with van der Waals surface area (Å²) >= 11 is 0. The summed E-state index contributed by atoms with van der Waals surface area (Å²) < 4.78 is 10.1. The van der Waals surface area contributed by atoms with Crippen LogP contribution < -0.4 is 10.1 Å². The molecule has 16 heavy (non-hydrogen) atoms. The Morgan fingerprint density at radius 3 is 2.88 bits per heavy atom. The average molecular weight is 223 g/mol. The molecule has 4 heteroatoms. The van der Waals surface area contributed by atoms with Crippen LogP contribution in [0.5, 0.6) is 5.75 Å². The Morgan fingerprint density at radius 2 is 2.25 bits per heavy atom. The molecule has 0 saturated carbocycles. The number of rotatable bonds is 4. The molecule has 1 rings (SSSR count). The van der Waals surface area contributed by atoms with Crippen LogP contribution in [0, 0.1) is 0 Å². The molecule has 0 heterocycles. The minimum Gasteiger partial charge on any atom is -0.491 e. The second kappa shape index (κ2) is 6.00. The first-order chi connectivity index (χ1) is 7.65. The van der Waals surface area contributed by atoms with Gasteiger partial charge in [0.1, 0.15) is 5.75 Å². The van der Waals surface area contributed by atoms with Crippen molar-refractivity contribution in [2.24, 2.45) is 0 Å². The lowest BCUT2D eigenvalue weighted by Crippen LogP contribution is -2.12. The molecule has 0 aliphatic carbocycles. The van der Waals surface area contributed by atoms with Crippen LogP contribution in [-0.4, -0.2) is 19.3 Å². The Morgan fingerprint density at radius 1 is 1.50 bits per heavy atom. The zero-order valence-corrected chi connectivity index (χ0v) is 9.82. The van der Waals surface area contributed by atoms with Gasteiger partial charge in [0.2, 0.25) is 0 Å². The molecule has 1 unspecified atom stereocenters. The van der Waals surface area contributed by atoms with Crippen molar-refractivity contribution in [3.8, 4) is 5.75 Å². The average Bonchev–Trinajstić information content (AvgIpc) is 2.29. The highest BCUT2D eigenvalue weighted by Gasteiger charge is 2.04. The number of carbonyl (C=O) groups excluding carboxylic acids is 1. The molecule has 1 amide bonds. The van der Waals surface area contributed by atoms with Gasteiger partial charge < -0.3 is 9.47 Å². The van der Waals surface area contributed by atoms with E-state index in [1.807, 2.05) is 19.1 Å². The van der Waals surface area contributed by atoms with Crippen molar-refractivity contribution >= 4 is 11.8 Å². The van der Waals surface area contributed by atoms with Crippen molar-refractivity contribution in [1.82, 2.24) is 0 Å². The maximum atomic E-state index is 11.0. The fourth-order valence-corrected chi connectivity index (χ4v) is 1.13. The summed E-state index contributed by atoms with van der Waals surface area (Å²) in [6.07, 6.45) is 0.614. The topological polar surface area (TPSA) is 47.6 Å². The van der Waals surface area contributed by atoms with Crippen molar-refractivity contribution in [2.75, 3.05) is 12.4 Å². The Balaban J connectivity index is 2.67. The quantitative estimate of drug-likeness (QED) is 0.853. The first-order valence-corrected chi connectivity index (χ1v) is 5.27. The van der Waals surface area contributed by atoms with Crippen LogP contribution in [0.15, 0.2) is 24.3 Å². The first kappa shape index (κ1) is 12.4. The minimum atomic E-state index is -0.485. The highest BCUT2D eigenvalue weighted by Crippen LogP contribution is 2.19. The largest absolute Gasteiger partial charge is 0.491 e. The number of benzene rings is 1. The summed E-state index contributed by atoms with van der Waals surface area (Å²) in [5.74, 6) is 0.739. The predicted octanol–water partition coefficient (Wildman–Crippen LogP) is 3.04. The summed E-state index contributed by atoms with van der Waals surface area (Å²) in [6.45, 7) is 4.06. The fourth-order valence-electron chi connectivity index (χ4n) is 1.13. The molecule has 0 bridgehead atoms. The van der Waals surface area contributed by atoms with Gasteiger partial charge in [0.15, 0.2) is 0 Å². The molecule has 0 spiro atoms. The molecule has 0 aliphatic rings. The zero-order valence-electron chi connectivity index (χ0n) is 9.82. The van der Waals surface area contributed by atoms with Gasteiger partial charge in [0.25, 0.3) is 0 Å². The van der Waals surface area contributed by atoms with Gasteiger partial charge in [-0.2, -0.15) is 0 Å². The van der Waals surface area contributed by atoms with Gasteiger partial charge >= 0.3 is 6.09 Å². The lowest BCUT2D eigenvalue weighted by Gasteiger charge is -2.13. The van der Waals surface area contributed by atoms with Gasteiger partial charge in [0.05, 0.1) is 13.2 Å². The van der Waals surface area contributed by atoms with Gasteiger partial charge in [-0.15, -0.1) is 0 Å². The predicted molar refractivity (Wildman–Crippen MR) is 62.9 cm³/mol. The van der Waals surface area contributed by atoms with Crippen LogP contribution in [0.4, 0.5) is 10.5 Å². The first-order valence-electron chi connectivity index (χ1n) is 5.27. The van der Waals surface area contributed by atoms with E-state index in [1.165, 1.54) is 7.11 Å². The summed E-state index contributed by atoms with van der Waals surface area (Å²) in [4.78, 5) is 11.0. The van der Waals surface area contributed by atoms with Crippen LogP contribution in [-0.2, 0) is 4.74 Å². The molecule has 0 radical (unpaired) electrons. The maximum Gasteiger partial charge on any atom is 0.411 e. The number of anilines is 1. The van der Waals surface area contributed by atoms with Crippen LogP contribution in [0.1, 0.15) is 20.3 Å². The summed E-state index contributed by atoms with van der Waals surface area (Å²) in [6, 6.07) is 7.22. The van der Waals surface area contributed by atoms with Crippen LogP contribution >= 0.6 is 0 Å². The Hall–Kier alpha value is -1.71. The molecule has 0 fully saturated rings. The number of ether oxygens (including phenoxy) is 2. The van der Waals surface area contributed by atoms with Crippen molar-refractivity contribution in [2.45, 2.75) is 26.4 Å². The molecular weight excluding hydrogens is 206 g/mol. The standard InChI is InChI=1S/C12H17NO3/c1-4-9(2)16-11-7-5-6-10(8-11)13-12(14)15-3/h5-9H,4H2,1-3H3,(H,13,14). The molecule has 0 aliphatic heterocycles. The molecule has 88 valence electrons. The summed E-state index contributed by atoms with van der Waals surface area (Å²) in [7, 11) is 1.33. The van der Waals surface area contributed by atoms with Crippen molar-refractivity contribution in [3.63, 3.8) is 0 Å². The fraction of sp³-hybridized carbons (Fsp3) is 0.417. The molecule has 1 N–H and O–H groups in total. The van der Waals surface area contributed by atoms with E-state index in [1.54, 1.807) is 12.1 Å². The third-order valence-electron chi connectivity index (χ3n) is 2.18. The number of carbonyl (C=O) groups is 1. The number of hydrogen-bond donors (Lipinski definition) is 1. The maximum absolute atomic E-state index is 11.0. The van der Waals surface area contributed by atoms with Gasteiger partial charge in [-0.05, 0) is 25.5 Å². The highest BCUT2D eigenvalue weighted by molar-refractivity contribution is 5.84. The molecular formula is C12H17NO3. The normalized spacial score (nSPS) is 11.7. The van der Waals surface area contributed by atoms with E-state index < -0.39 is 6.09 Å². The van der Waals surface area contributed by atoms with Gasteiger partial charge in [-0.25, -0.2) is 4.79 Å². The highest BCUT2D eigenvalue weighted by atomic mass is 16.5. The number of nitrogens with one attached hydrogen (secondary N) is 1. The Kier molecular flexibility index (Phi) is 4.64. The Bertz CT molecular complexity index is 352. The van der Waals surface area contributed by atoms with Gasteiger partial charge in [-0.3, -0.25) is 5.32 Å². The SMILES string of the molecule is CCC(C)Oc1cccc(NC(=O)OC)c1. The van der Waals surface area contributed by atoms with Gasteiger partial charge in [-0.1, -0.05) is 13.0 Å². The van der Waals surface area contributed by atoms with Gasteiger partial charge in [0, 0.05) is 11.8 Å². The van der Waals surface area contributed by atoms with Crippen LogP contribution in [0.25, 0.3) is 0 Å². The number of hydrogen-bond acceptors (Lipinski definition) is 3. The van der Waals surface area contributed by atoms with E-state index in [9.17, 15) is 4.79 Å². The van der Waals surface area contributed by atoms with Crippen molar-refractivity contribution in [3.05, 3.63) is 24.3 Å².